The van der Waals surface area contributed by atoms with Gasteiger partial charge in [0.05, 0.1) is 17.4 Å². The lowest BCUT2D eigenvalue weighted by molar-refractivity contribution is -0.120. The molecule has 1 aromatic rings. The van der Waals surface area contributed by atoms with Gasteiger partial charge in [-0.1, -0.05) is 11.6 Å². The van der Waals surface area contributed by atoms with Gasteiger partial charge in [-0.2, -0.15) is 0 Å². The molecular formula is C13H17ClN4O2. The van der Waals surface area contributed by atoms with Gasteiger partial charge in [0.1, 0.15) is 5.15 Å². The highest BCUT2D eigenvalue weighted by molar-refractivity contribution is 6.32. The Labute approximate surface area is 122 Å². The van der Waals surface area contributed by atoms with Crippen molar-refractivity contribution < 1.29 is 9.59 Å². The van der Waals surface area contributed by atoms with Crippen LogP contribution in [0.5, 0.6) is 0 Å². The molecule has 108 valence electrons. The number of nitrogen functional groups attached to an aromatic ring is 1. The van der Waals surface area contributed by atoms with E-state index in [9.17, 15) is 9.59 Å². The smallest absolute Gasteiger partial charge is 0.257 e. The number of anilines is 1. The Morgan fingerprint density at radius 3 is 3.00 bits per heavy atom. The van der Waals surface area contributed by atoms with Crippen LogP contribution in [0.4, 0.5) is 5.69 Å². The van der Waals surface area contributed by atoms with Crippen LogP contribution in [-0.2, 0) is 4.79 Å². The maximum absolute atomic E-state index is 12.4. The Kier molecular flexibility index (Phi) is 4.44. The molecule has 0 aliphatic carbocycles. The number of amides is 2. The van der Waals surface area contributed by atoms with E-state index in [1.165, 1.54) is 19.2 Å². The third-order valence-corrected chi connectivity index (χ3v) is 3.51. The van der Waals surface area contributed by atoms with Gasteiger partial charge in [-0.05, 0) is 18.9 Å². The Balaban J connectivity index is 2.12. The molecule has 1 unspecified atom stereocenters. The minimum atomic E-state index is -0.204. The molecule has 0 bridgehead atoms. The number of likely N-dealkylation sites (tertiary alicyclic amines) is 1. The summed E-state index contributed by atoms with van der Waals surface area (Å²) in [4.78, 5) is 29.1. The molecule has 0 aromatic carbocycles. The highest BCUT2D eigenvalue weighted by Crippen LogP contribution is 2.20. The number of carbonyl (C=O) groups excluding carboxylic acids is 2. The van der Waals surface area contributed by atoms with E-state index in [-0.39, 0.29) is 23.0 Å². The molecule has 1 fully saturated rings. The predicted octanol–water partition coefficient (Wildman–Crippen LogP) is 1.06. The number of nitrogens with two attached hydrogens (primary N) is 1. The molecule has 1 atom stereocenters. The maximum atomic E-state index is 12.4. The summed E-state index contributed by atoms with van der Waals surface area (Å²) in [5.41, 5.74) is 6.34. The molecule has 2 heterocycles. The van der Waals surface area contributed by atoms with E-state index < -0.39 is 0 Å². The average molecular weight is 297 g/mol. The van der Waals surface area contributed by atoms with Crippen LogP contribution in [-0.4, -0.2) is 40.8 Å². The molecule has 6 nitrogen and oxygen atoms in total. The molecule has 2 rings (SSSR count). The van der Waals surface area contributed by atoms with Crippen molar-refractivity contribution >= 4 is 29.1 Å². The van der Waals surface area contributed by atoms with Crippen LogP contribution < -0.4 is 11.1 Å². The average Bonchev–Trinajstić information content (AvgIpc) is 2.40. The second kappa shape index (κ2) is 6.09. The number of piperidine rings is 1. The lowest BCUT2D eigenvalue weighted by Crippen LogP contribution is -2.49. The summed E-state index contributed by atoms with van der Waals surface area (Å²) < 4.78 is 0. The largest absolute Gasteiger partial charge is 0.397 e. The standard InChI is InChI=1S/C13H17ClN4O2/c1-8(19)17-10-3-2-4-18(7-10)13(20)11-5-9(15)6-16-12(11)14/h5-6,10H,2-4,7,15H2,1H3,(H,17,19). The fraction of sp³-hybridized carbons (Fsp3) is 0.462. The van der Waals surface area contributed by atoms with Crippen molar-refractivity contribution in [2.75, 3.05) is 18.8 Å². The number of pyridine rings is 1. The van der Waals surface area contributed by atoms with Crippen LogP contribution in [0.3, 0.4) is 0 Å². The van der Waals surface area contributed by atoms with Crippen molar-refractivity contribution in [1.29, 1.82) is 0 Å². The number of nitrogens with zero attached hydrogens (tertiary/aromatic N) is 2. The van der Waals surface area contributed by atoms with Gasteiger partial charge in [-0.3, -0.25) is 9.59 Å². The fourth-order valence-electron chi connectivity index (χ4n) is 2.35. The zero-order valence-corrected chi connectivity index (χ0v) is 12.0. The number of halogens is 1. The summed E-state index contributed by atoms with van der Waals surface area (Å²) in [6.45, 7) is 2.59. The second-order valence-electron chi connectivity index (χ2n) is 4.90. The van der Waals surface area contributed by atoms with Crippen molar-refractivity contribution in [2.24, 2.45) is 0 Å². The van der Waals surface area contributed by atoms with Crippen LogP contribution in [0.15, 0.2) is 12.3 Å². The van der Waals surface area contributed by atoms with Gasteiger partial charge in [0.25, 0.3) is 5.91 Å². The van der Waals surface area contributed by atoms with Crippen molar-refractivity contribution in [3.8, 4) is 0 Å². The molecule has 2 amide bonds. The van der Waals surface area contributed by atoms with Crippen molar-refractivity contribution in [3.63, 3.8) is 0 Å². The first-order valence-corrected chi connectivity index (χ1v) is 6.82. The van der Waals surface area contributed by atoms with Crippen LogP contribution >= 0.6 is 11.6 Å². The van der Waals surface area contributed by atoms with Crippen molar-refractivity contribution in [3.05, 3.63) is 23.0 Å². The van der Waals surface area contributed by atoms with E-state index in [1.807, 2.05) is 0 Å². The van der Waals surface area contributed by atoms with E-state index >= 15 is 0 Å². The first-order chi connectivity index (χ1) is 9.47. The molecule has 0 spiro atoms. The SMILES string of the molecule is CC(=O)NC1CCCN(C(=O)c2cc(N)cnc2Cl)C1. The number of aromatic nitrogens is 1. The lowest BCUT2D eigenvalue weighted by atomic mass is 10.0. The molecule has 0 saturated carbocycles. The van der Waals surface area contributed by atoms with Gasteiger partial charge in [0.2, 0.25) is 5.91 Å². The van der Waals surface area contributed by atoms with E-state index in [0.717, 1.165) is 12.8 Å². The molecule has 20 heavy (non-hydrogen) atoms. The van der Waals surface area contributed by atoms with Crippen LogP contribution in [0.25, 0.3) is 0 Å². The first kappa shape index (κ1) is 14.6. The summed E-state index contributed by atoms with van der Waals surface area (Å²) in [6.07, 6.45) is 3.12. The molecule has 7 heteroatoms. The zero-order valence-electron chi connectivity index (χ0n) is 11.2. The van der Waals surface area contributed by atoms with Gasteiger partial charge >= 0.3 is 0 Å². The molecular weight excluding hydrogens is 280 g/mol. The zero-order chi connectivity index (χ0) is 14.7. The number of hydrogen-bond acceptors (Lipinski definition) is 4. The van der Waals surface area contributed by atoms with E-state index in [4.69, 9.17) is 17.3 Å². The normalized spacial score (nSPS) is 18.7. The quantitative estimate of drug-likeness (QED) is 0.799. The van der Waals surface area contributed by atoms with Gasteiger partial charge in [0, 0.05) is 26.1 Å². The third-order valence-electron chi connectivity index (χ3n) is 3.21. The van der Waals surface area contributed by atoms with Crippen molar-refractivity contribution in [2.45, 2.75) is 25.8 Å². The topological polar surface area (TPSA) is 88.3 Å². The number of hydrogen-bond donors (Lipinski definition) is 2. The van der Waals surface area contributed by atoms with Gasteiger partial charge in [-0.15, -0.1) is 0 Å². The molecule has 1 saturated heterocycles. The number of rotatable bonds is 2. The molecule has 1 aliphatic rings. The van der Waals surface area contributed by atoms with Crippen LogP contribution in [0.1, 0.15) is 30.1 Å². The highest BCUT2D eigenvalue weighted by Gasteiger charge is 2.26. The maximum Gasteiger partial charge on any atom is 0.257 e. The van der Waals surface area contributed by atoms with E-state index in [2.05, 4.69) is 10.3 Å². The predicted molar refractivity (Wildman–Crippen MR) is 76.4 cm³/mol. The summed E-state index contributed by atoms with van der Waals surface area (Å²) in [5, 5.41) is 2.98. The van der Waals surface area contributed by atoms with Gasteiger partial charge in [0.15, 0.2) is 0 Å². The van der Waals surface area contributed by atoms with E-state index in [0.29, 0.717) is 24.3 Å². The van der Waals surface area contributed by atoms with E-state index in [1.54, 1.807) is 4.90 Å². The second-order valence-corrected chi connectivity index (χ2v) is 5.26. The molecule has 0 radical (unpaired) electrons. The Bertz CT molecular complexity index is 535. The summed E-state index contributed by atoms with van der Waals surface area (Å²) >= 11 is 5.95. The van der Waals surface area contributed by atoms with Gasteiger partial charge < -0.3 is 16.0 Å². The first-order valence-electron chi connectivity index (χ1n) is 6.44. The van der Waals surface area contributed by atoms with Gasteiger partial charge in [-0.25, -0.2) is 4.98 Å². The summed E-state index contributed by atoms with van der Waals surface area (Å²) in [7, 11) is 0. The number of nitrogens with one attached hydrogen (secondary N) is 1. The van der Waals surface area contributed by atoms with Crippen molar-refractivity contribution in [1.82, 2.24) is 15.2 Å². The monoisotopic (exact) mass is 296 g/mol. The molecule has 3 N–H and O–H groups in total. The Hall–Kier alpha value is -1.82. The molecule has 1 aromatic heterocycles. The lowest BCUT2D eigenvalue weighted by Gasteiger charge is -2.33. The third kappa shape index (κ3) is 3.39. The number of carbonyl (C=O) groups is 2. The Morgan fingerprint density at radius 2 is 2.30 bits per heavy atom. The Morgan fingerprint density at radius 1 is 1.55 bits per heavy atom. The summed E-state index contributed by atoms with van der Waals surface area (Å²) in [6, 6.07) is 1.51. The molecule has 1 aliphatic heterocycles. The van der Waals surface area contributed by atoms with Crippen LogP contribution in [0.2, 0.25) is 5.15 Å². The summed E-state index contributed by atoms with van der Waals surface area (Å²) in [5.74, 6) is -0.294. The minimum Gasteiger partial charge on any atom is -0.397 e. The fourth-order valence-corrected chi connectivity index (χ4v) is 2.54. The highest BCUT2D eigenvalue weighted by atomic mass is 35.5. The van der Waals surface area contributed by atoms with Crippen LogP contribution in [0, 0.1) is 0 Å². The minimum absolute atomic E-state index is 0.0157.